The molecule has 44 valence electrons. The minimum Gasteiger partial charge on any atom is -0.672 e. The molecule has 0 spiro atoms. The molecular weight excluding hydrogens is 292 g/mol. The first-order chi connectivity index (χ1) is 1.73. The predicted molar refractivity (Wildman–Crippen MR) is 6.44 cm³/mol. The summed E-state index contributed by atoms with van der Waals surface area (Å²) in [5.74, 6) is 0. The molecule has 0 aromatic heterocycles. The second kappa shape index (κ2) is 9.44. The fraction of sp³-hybridized carbons (Fsp3) is 0. The third kappa shape index (κ3) is 71.1. The van der Waals surface area contributed by atoms with Crippen LogP contribution in [0.1, 0.15) is 0 Å². The van der Waals surface area contributed by atoms with Crippen molar-refractivity contribution >= 4 is 9.17 Å². The molecule has 0 heterocycles. The molecule has 6 heavy (non-hydrogen) atoms. The van der Waals surface area contributed by atoms with Crippen LogP contribution in [0.3, 0.4) is 0 Å². The average Bonchev–Trinajstić information content (AvgIpc) is 0.811. The third-order valence-electron chi connectivity index (χ3n) is 0. The Morgan fingerprint density at radius 3 is 1.17 bits per heavy atom. The van der Waals surface area contributed by atoms with Crippen molar-refractivity contribution in [3.8, 4) is 0 Å². The number of hydrogen-bond donors (Lipinski definition) is 0. The first kappa shape index (κ1) is 15.7. The van der Waals surface area contributed by atoms with Gasteiger partial charge < -0.3 is 14.1 Å². The minimum absolute atomic E-state index is 0. The molecule has 0 aliphatic carbocycles. The standard InChI is InChI=1S/2Ag.O3Si/c;;1-4(2)3/q2*+1;-2. The zero-order chi connectivity index (χ0) is 3.58. The van der Waals surface area contributed by atoms with E-state index in [1.807, 2.05) is 0 Å². The van der Waals surface area contributed by atoms with Crippen LogP contribution in [-0.4, -0.2) is 9.17 Å². The van der Waals surface area contributed by atoms with Gasteiger partial charge in [0, 0.05) is 9.17 Å². The summed E-state index contributed by atoms with van der Waals surface area (Å²) < 4.78 is 8.52. The topological polar surface area (TPSA) is 63.2 Å². The molecule has 0 saturated heterocycles. The monoisotopic (exact) mass is 290 g/mol. The maximum absolute atomic E-state index is 8.52. The van der Waals surface area contributed by atoms with Crippen LogP contribution in [0.2, 0.25) is 0 Å². The number of hydrogen-bond acceptors (Lipinski definition) is 3. The van der Waals surface area contributed by atoms with E-state index in [0.717, 1.165) is 0 Å². The van der Waals surface area contributed by atoms with Gasteiger partial charge in [-0.05, 0) is 0 Å². The second-order valence-corrected chi connectivity index (χ2v) is 0.750. The van der Waals surface area contributed by atoms with Crippen LogP contribution in [0, 0.1) is 0 Å². The van der Waals surface area contributed by atoms with Crippen LogP contribution in [0.4, 0.5) is 0 Å². The van der Waals surface area contributed by atoms with E-state index in [1.54, 1.807) is 0 Å². The smallest absolute Gasteiger partial charge is 0.672 e. The van der Waals surface area contributed by atoms with Gasteiger partial charge in [-0.15, -0.1) is 0 Å². The zero-order valence-corrected chi connectivity index (χ0v) is 6.29. The molecule has 0 aromatic rings. The van der Waals surface area contributed by atoms with E-state index >= 15 is 0 Å². The molecule has 0 saturated carbocycles. The molecule has 0 aliphatic rings. The maximum Gasteiger partial charge on any atom is 1.00 e. The van der Waals surface area contributed by atoms with Gasteiger partial charge in [0.15, 0.2) is 0 Å². The molecule has 0 unspecified atom stereocenters. The summed E-state index contributed by atoms with van der Waals surface area (Å²) >= 11 is 0. The summed E-state index contributed by atoms with van der Waals surface area (Å²) in [6.45, 7) is 0. The summed E-state index contributed by atoms with van der Waals surface area (Å²) in [5.41, 5.74) is 0. The summed E-state index contributed by atoms with van der Waals surface area (Å²) in [5, 5.41) is 0. The molecule has 0 N–H and O–H groups in total. The number of rotatable bonds is 0. The third-order valence-corrected chi connectivity index (χ3v) is 0. The van der Waals surface area contributed by atoms with E-state index in [-0.39, 0.29) is 44.8 Å². The molecule has 0 atom stereocenters. The molecule has 0 aromatic carbocycles. The molecule has 0 amide bonds. The van der Waals surface area contributed by atoms with Gasteiger partial charge in [-0.25, -0.2) is 0 Å². The van der Waals surface area contributed by atoms with Gasteiger partial charge in [-0.1, -0.05) is 0 Å². The van der Waals surface area contributed by atoms with Gasteiger partial charge in [0.1, 0.15) is 0 Å². The quantitative estimate of drug-likeness (QED) is 0.450. The van der Waals surface area contributed by atoms with E-state index in [9.17, 15) is 0 Å². The van der Waals surface area contributed by atoms with E-state index in [4.69, 9.17) is 14.1 Å². The van der Waals surface area contributed by atoms with Crippen molar-refractivity contribution in [2.45, 2.75) is 0 Å². The van der Waals surface area contributed by atoms with Crippen molar-refractivity contribution in [1.29, 1.82) is 0 Å². The molecule has 0 bridgehead atoms. The van der Waals surface area contributed by atoms with Gasteiger partial charge in [-0.3, -0.25) is 0 Å². The van der Waals surface area contributed by atoms with Crippen LogP contribution in [0.5, 0.6) is 0 Å². The summed E-state index contributed by atoms with van der Waals surface area (Å²) in [7, 11) is -3.63. The molecule has 0 fully saturated rings. The van der Waals surface area contributed by atoms with Crippen molar-refractivity contribution in [1.82, 2.24) is 0 Å². The van der Waals surface area contributed by atoms with Crippen LogP contribution in [-0.2, 0) is 49.2 Å². The Labute approximate surface area is 67.7 Å². The van der Waals surface area contributed by atoms with Gasteiger partial charge in [0.25, 0.3) is 0 Å². The molecule has 0 rings (SSSR count). The Morgan fingerprint density at radius 1 is 1.17 bits per heavy atom. The van der Waals surface area contributed by atoms with Crippen molar-refractivity contribution in [2.75, 3.05) is 0 Å². The van der Waals surface area contributed by atoms with E-state index in [2.05, 4.69) is 0 Å². The maximum atomic E-state index is 8.52. The summed E-state index contributed by atoms with van der Waals surface area (Å²) in [6, 6.07) is 0. The largest absolute Gasteiger partial charge is 1.00 e. The second-order valence-electron chi connectivity index (χ2n) is 0.250. The van der Waals surface area contributed by atoms with E-state index in [0.29, 0.717) is 0 Å². The Balaban J connectivity index is -0.0000000450. The molecule has 0 radical (unpaired) electrons. The fourth-order valence-electron chi connectivity index (χ4n) is 0. The first-order valence-corrected chi connectivity index (χ1v) is 1.84. The van der Waals surface area contributed by atoms with Crippen LogP contribution >= 0.6 is 0 Å². The van der Waals surface area contributed by atoms with Crippen molar-refractivity contribution < 1.29 is 58.8 Å². The zero-order valence-electron chi connectivity index (χ0n) is 2.33. The molecule has 6 heteroatoms. The van der Waals surface area contributed by atoms with Gasteiger partial charge in [0.2, 0.25) is 0 Å². The normalized spacial score (nSPS) is 4.00. The Morgan fingerprint density at radius 2 is 1.17 bits per heavy atom. The summed E-state index contributed by atoms with van der Waals surface area (Å²) in [4.78, 5) is 17.0. The Hall–Kier alpha value is 1.10. The van der Waals surface area contributed by atoms with E-state index < -0.39 is 9.17 Å². The van der Waals surface area contributed by atoms with Crippen LogP contribution in [0.15, 0.2) is 0 Å². The SMILES string of the molecule is O=[Si]([O-])[O-].[Ag+].[Ag+]. The van der Waals surface area contributed by atoms with Crippen LogP contribution in [0.25, 0.3) is 0 Å². The Bertz CT molecular complexity index is 31.8. The van der Waals surface area contributed by atoms with Crippen LogP contribution < -0.4 is 9.59 Å². The van der Waals surface area contributed by atoms with Crippen molar-refractivity contribution in [3.63, 3.8) is 0 Å². The van der Waals surface area contributed by atoms with Gasteiger partial charge in [0.05, 0.1) is 0 Å². The summed E-state index contributed by atoms with van der Waals surface area (Å²) in [6.07, 6.45) is 0. The predicted octanol–water partition coefficient (Wildman–Crippen LogP) is -2.88. The van der Waals surface area contributed by atoms with Gasteiger partial charge in [-0.2, -0.15) is 0 Å². The molecule has 0 aliphatic heterocycles. The van der Waals surface area contributed by atoms with Crippen molar-refractivity contribution in [2.24, 2.45) is 0 Å². The Kier molecular flexibility index (Phi) is 24.7. The van der Waals surface area contributed by atoms with Gasteiger partial charge >= 0.3 is 44.8 Å². The van der Waals surface area contributed by atoms with Crippen molar-refractivity contribution in [3.05, 3.63) is 0 Å². The minimum atomic E-state index is -3.63. The first-order valence-electron chi connectivity index (χ1n) is 0.612. The van der Waals surface area contributed by atoms with E-state index in [1.165, 1.54) is 0 Å². The molecule has 3 nitrogen and oxygen atoms in total. The molecular formula is Ag2O3Si. The fourth-order valence-corrected chi connectivity index (χ4v) is 0. The average molecular weight is 292 g/mol.